The first-order valence-electron chi connectivity index (χ1n) is 8.64. The molecule has 4 heteroatoms. The third-order valence-corrected chi connectivity index (χ3v) is 4.84. The van der Waals surface area contributed by atoms with Gasteiger partial charge in [-0.15, -0.1) is 0 Å². The van der Waals surface area contributed by atoms with E-state index in [1.807, 2.05) is 25.4 Å². The molecule has 2 rings (SSSR count). The fraction of sp³-hybridized carbons (Fsp3) is 0.667. The Balaban J connectivity index is 1.80. The van der Waals surface area contributed by atoms with Crippen molar-refractivity contribution in [3.63, 3.8) is 0 Å². The van der Waals surface area contributed by atoms with Gasteiger partial charge in [-0.2, -0.15) is 0 Å². The molecular weight excluding hydrogens is 272 g/mol. The van der Waals surface area contributed by atoms with Gasteiger partial charge in [0.15, 0.2) is 5.96 Å². The number of nitrogens with one attached hydrogen (secondary N) is 1. The molecule has 0 aliphatic carbocycles. The number of aromatic nitrogens is 1. The van der Waals surface area contributed by atoms with Crippen LogP contribution in [0.15, 0.2) is 29.4 Å². The van der Waals surface area contributed by atoms with Crippen LogP contribution in [-0.4, -0.2) is 42.5 Å². The van der Waals surface area contributed by atoms with E-state index in [4.69, 9.17) is 0 Å². The van der Waals surface area contributed by atoms with Crippen LogP contribution in [0.5, 0.6) is 0 Å². The highest BCUT2D eigenvalue weighted by Crippen LogP contribution is 2.28. The second kappa shape index (κ2) is 8.76. The van der Waals surface area contributed by atoms with E-state index >= 15 is 0 Å². The van der Waals surface area contributed by atoms with Crippen LogP contribution in [0.4, 0.5) is 0 Å². The number of likely N-dealkylation sites (tertiary alicyclic amines) is 1. The van der Waals surface area contributed by atoms with E-state index in [1.165, 1.54) is 19.3 Å². The first-order chi connectivity index (χ1) is 10.8. The van der Waals surface area contributed by atoms with Crippen molar-refractivity contribution in [3.8, 4) is 0 Å². The molecule has 4 nitrogen and oxygen atoms in total. The van der Waals surface area contributed by atoms with Gasteiger partial charge in [0.25, 0.3) is 0 Å². The zero-order chi connectivity index (χ0) is 15.8. The molecule has 0 saturated carbocycles. The summed E-state index contributed by atoms with van der Waals surface area (Å²) in [5.74, 6) is 2.73. The molecule has 1 atom stereocenters. The van der Waals surface area contributed by atoms with Gasteiger partial charge in [0.1, 0.15) is 0 Å². The summed E-state index contributed by atoms with van der Waals surface area (Å²) >= 11 is 0. The van der Waals surface area contributed by atoms with Crippen LogP contribution >= 0.6 is 0 Å². The maximum atomic E-state index is 4.46. The number of pyridine rings is 1. The molecule has 1 aliphatic heterocycles. The van der Waals surface area contributed by atoms with Crippen LogP contribution in [-0.2, 0) is 6.42 Å². The van der Waals surface area contributed by atoms with Gasteiger partial charge in [0, 0.05) is 45.0 Å². The maximum Gasteiger partial charge on any atom is 0.193 e. The minimum atomic E-state index is 0.823. The smallest absolute Gasteiger partial charge is 0.193 e. The van der Waals surface area contributed by atoms with Crippen LogP contribution in [0.3, 0.4) is 0 Å². The highest BCUT2D eigenvalue weighted by molar-refractivity contribution is 5.80. The highest BCUT2D eigenvalue weighted by Gasteiger charge is 2.29. The van der Waals surface area contributed by atoms with Gasteiger partial charge in [0.2, 0.25) is 0 Å². The van der Waals surface area contributed by atoms with Crippen molar-refractivity contribution in [1.29, 1.82) is 0 Å². The number of aliphatic imine (C=N–C) groups is 1. The van der Waals surface area contributed by atoms with Crippen molar-refractivity contribution < 1.29 is 0 Å². The lowest BCUT2D eigenvalue weighted by Crippen LogP contribution is -2.41. The topological polar surface area (TPSA) is 40.5 Å². The normalized spacial score (nSPS) is 19.0. The second-order valence-corrected chi connectivity index (χ2v) is 6.12. The summed E-state index contributed by atoms with van der Waals surface area (Å²) in [5.41, 5.74) is 1.13. The molecule has 1 aliphatic rings. The predicted molar refractivity (Wildman–Crippen MR) is 93.1 cm³/mol. The van der Waals surface area contributed by atoms with Crippen molar-refractivity contribution in [3.05, 3.63) is 30.1 Å². The van der Waals surface area contributed by atoms with Gasteiger partial charge >= 0.3 is 0 Å². The predicted octanol–water partition coefficient (Wildman–Crippen LogP) is 2.96. The monoisotopic (exact) mass is 302 g/mol. The molecule has 1 aromatic heterocycles. The molecule has 1 saturated heterocycles. The van der Waals surface area contributed by atoms with Gasteiger partial charge in [-0.25, -0.2) is 0 Å². The minimum Gasteiger partial charge on any atom is -0.356 e. The first-order valence-corrected chi connectivity index (χ1v) is 8.64. The standard InChI is InChI=1S/C18H30N4/c1-4-15(5-2)16-10-13-22(14-16)18(19-3)21-12-9-17-8-6-7-11-20-17/h6-8,11,15-16H,4-5,9-10,12-14H2,1-3H3,(H,19,21). The molecule has 0 spiro atoms. The average molecular weight is 302 g/mol. The molecule has 0 aromatic carbocycles. The third-order valence-electron chi connectivity index (χ3n) is 4.84. The van der Waals surface area contributed by atoms with Crippen LogP contribution < -0.4 is 5.32 Å². The van der Waals surface area contributed by atoms with E-state index in [1.54, 1.807) is 0 Å². The molecule has 2 heterocycles. The Labute approximate surface area is 135 Å². The van der Waals surface area contributed by atoms with Crippen LogP contribution in [0.25, 0.3) is 0 Å². The lowest BCUT2D eigenvalue weighted by molar-refractivity contribution is 0.319. The number of hydrogen-bond acceptors (Lipinski definition) is 2. The zero-order valence-electron chi connectivity index (χ0n) is 14.3. The Hall–Kier alpha value is -1.58. The van der Waals surface area contributed by atoms with Gasteiger partial charge < -0.3 is 10.2 Å². The summed E-state index contributed by atoms with van der Waals surface area (Å²) in [6, 6.07) is 6.07. The molecule has 0 radical (unpaired) electrons. The number of guanidine groups is 1. The van der Waals surface area contributed by atoms with E-state index in [-0.39, 0.29) is 0 Å². The average Bonchev–Trinajstić information content (AvgIpc) is 3.03. The Kier molecular flexibility index (Phi) is 6.69. The lowest BCUT2D eigenvalue weighted by atomic mass is 9.87. The van der Waals surface area contributed by atoms with Crippen LogP contribution in [0.2, 0.25) is 0 Å². The van der Waals surface area contributed by atoms with Crippen LogP contribution in [0, 0.1) is 11.8 Å². The van der Waals surface area contributed by atoms with Crippen molar-refractivity contribution >= 4 is 5.96 Å². The Morgan fingerprint density at radius 1 is 1.41 bits per heavy atom. The van der Waals surface area contributed by atoms with Gasteiger partial charge in [-0.1, -0.05) is 32.8 Å². The van der Waals surface area contributed by atoms with E-state index in [0.29, 0.717) is 0 Å². The van der Waals surface area contributed by atoms with E-state index in [2.05, 4.69) is 40.1 Å². The molecule has 122 valence electrons. The number of rotatable bonds is 6. The fourth-order valence-electron chi connectivity index (χ4n) is 3.50. The summed E-state index contributed by atoms with van der Waals surface area (Å²) < 4.78 is 0. The van der Waals surface area contributed by atoms with E-state index < -0.39 is 0 Å². The Bertz CT molecular complexity index is 453. The zero-order valence-corrected chi connectivity index (χ0v) is 14.3. The fourth-order valence-corrected chi connectivity index (χ4v) is 3.50. The largest absolute Gasteiger partial charge is 0.356 e. The summed E-state index contributed by atoms with van der Waals surface area (Å²) in [6.45, 7) is 7.80. The summed E-state index contributed by atoms with van der Waals surface area (Å²) in [7, 11) is 1.88. The van der Waals surface area contributed by atoms with E-state index in [9.17, 15) is 0 Å². The van der Waals surface area contributed by atoms with Crippen LogP contribution in [0.1, 0.15) is 38.8 Å². The minimum absolute atomic E-state index is 0.823. The Morgan fingerprint density at radius 3 is 2.86 bits per heavy atom. The third kappa shape index (κ3) is 4.46. The van der Waals surface area contributed by atoms with Crippen molar-refractivity contribution in [2.45, 2.75) is 39.5 Å². The summed E-state index contributed by atoms with van der Waals surface area (Å²) in [4.78, 5) is 11.2. The molecule has 0 amide bonds. The first kappa shape index (κ1) is 16.8. The van der Waals surface area contributed by atoms with Gasteiger partial charge in [-0.3, -0.25) is 9.98 Å². The Morgan fingerprint density at radius 2 is 2.23 bits per heavy atom. The van der Waals surface area contributed by atoms with Gasteiger partial charge in [0.05, 0.1) is 0 Å². The SMILES string of the molecule is CCC(CC)C1CCN(C(=NC)NCCc2ccccn2)C1. The summed E-state index contributed by atoms with van der Waals surface area (Å²) in [5, 5.41) is 3.49. The molecule has 1 aromatic rings. The number of hydrogen-bond donors (Lipinski definition) is 1. The summed E-state index contributed by atoms with van der Waals surface area (Å²) in [6.07, 6.45) is 6.67. The highest BCUT2D eigenvalue weighted by atomic mass is 15.3. The van der Waals surface area contributed by atoms with E-state index in [0.717, 1.165) is 49.5 Å². The second-order valence-electron chi connectivity index (χ2n) is 6.12. The quantitative estimate of drug-likeness (QED) is 0.649. The van der Waals surface area contributed by atoms with Gasteiger partial charge in [-0.05, 0) is 30.4 Å². The molecule has 1 unspecified atom stereocenters. The molecule has 0 bridgehead atoms. The molecule has 1 N–H and O–H groups in total. The number of nitrogens with zero attached hydrogens (tertiary/aromatic N) is 3. The lowest BCUT2D eigenvalue weighted by Gasteiger charge is -2.24. The van der Waals surface area contributed by atoms with Crippen molar-refractivity contribution in [2.75, 3.05) is 26.7 Å². The molecule has 1 fully saturated rings. The molecular formula is C18H30N4. The molecule has 22 heavy (non-hydrogen) atoms. The van der Waals surface area contributed by atoms with Crippen molar-refractivity contribution in [1.82, 2.24) is 15.2 Å². The van der Waals surface area contributed by atoms with Crippen molar-refractivity contribution in [2.24, 2.45) is 16.8 Å². The maximum absolute atomic E-state index is 4.46.